The zero-order valence-corrected chi connectivity index (χ0v) is 13.3. The van der Waals surface area contributed by atoms with Gasteiger partial charge in [-0.05, 0) is 30.7 Å². The lowest BCUT2D eigenvalue weighted by Crippen LogP contribution is -2.47. The second-order valence-corrected chi connectivity index (χ2v) is 6.01. The van der Waals surface area contributed by atoms with Crippen LogP contribution in [0.4, 0.5) is 5.69 Å². The lowest BCUT2D eigenvalue weighted by atomic mass is 10.1. The number of aryl methyl sites for hydroxylation is 1. The van der Waals surface area contributed by atoms with Gasteiger partial charge in [0.1, 0.15) is 11.4 Å². The highest BCUT2D eigenvalue weighted by Gasteiger charge is 2.29. The van der Waals surface area contributed by atoms with Gasteiger partial charge in [-0.3, -0.25) is 4.79 Å². The van der Waals surface area contributed by atoms with Crippen LogP contribution in [0.25, 0.3) is 5.65 Å². The van der Waals surface area contributed by atoms with Crippen LogP contribution in [0.15, 0.2) is 48.8 Å². The molecule has 1 unspecified atom stereocenters. The number of fused-ring (bicyclic) bond motifs is 2. The number of ether oxygens (including phenoxy) is 1. The van der Waals surface area contributed by atoms with Crippen molar-refractivity contribution in [1.29, 1.82) is 0 Å². The van der Waals surface area contributed by atoms with Crippen LogP contribution in [-0.2, 0) is 11.3 Å². The number of imidazole rings is 1. The Hall–Kier alpha value is -3.02. The van der Waals surface area contributed by atoms with Gasteiger partial charge in [0.25, 0.3) is 5.91 Å². The number of hydrogen-bond acceptors (Lipinski definition) is 4. The summed E-state index contributed by atoms with van der Waals surface area (Å²) in [6.07, 6.45) is 3.34. The zero-order chi connectivity index (χ0) is 16.7. The van der Waals surface area contributed by atoms with Crippen molar-refractivity contribution in [1.82, 2.24) is 9.38 Å². The number of hydrogen-bond donors (Lipinski definition) is 1. The summed E-state index contributed by atoms with van der Waals surface area (Å²) in [5.41, 5.74) is 9.40. The number of pyridine rings is 1. The molecule has 6 nitrogen and oxygen atoms in total. The van der Waals surface area contributed by atoms with Gasteiger partial charge in [0.05, 0.1) is 24.5 Å². The summed E-state index contributed by atoms with van der Waals surface area (Å²) in [5.74, 6) is 0.216. The lowest BCUT2D eigenvalue weighted by molar-refractivity contribution is -0.124. The number of carbonyl (C=O) groups is 1. The summed E-state index contributed by atoms with van der Waals surface area (Å²) in [6.45, 7) is 3.05. The van der Waals surface area contributed by atoms with Gasteiger partial charge in [0.2, 0.25) is 0 Å². The number of nitrogens with two attached hydrogens (primary N) is 1. The Kier molecular flexibility index (Phi) is 3.37. The van der Waals surface area contributed by atoms with Gasteiger partial charge in [0, 0.05) is 12.4 Å². The van der Waals surface area contributed by atoms with E-state index in [0.29, 0.717) is 18.8 Å². The molecular formula is C18H18N4O2. The van der Waals surface area contributed by atoms with Gasteiger partial charge in [-0.25, -0.2) is 4.98 Å². The largest absolute Gasteiger partial charge is 0.477 e. The molecule has 0 aliphatic carbocycles. The van der Waals surface area contributed by atoms with Gasteiger partial charge in [-0.1, -0.05) is 18.2 Å². The summed E-state index contributed by atoms with van der Waals surface area (Å²) >= 11 is 0. The number of para-hydroxylation sites is 2. The molecule has 1 atom stereocenters. The van der Waals surface area contributed by atoms with Crippen LogP contribution < -0.4 is 15.4 Å². The predicted octanol–water partition coefficient (Wildman–Crippen LogP) is 1.90. The van der Waals surface area contributed by atoms with E-state index in [1.807, 2.05) is 60.1 Å². The second kappa shape index (κ2) is 5.56. The molecule has 0 radical (unpaired) electrons. The van der Waals surface area contributed by atoms with Crippen molar-refractivity contribution in [2.75, 3.05) is 11.4 Å². The fraction of sp³-hybridized carbons (Fsp3) is 0.222. The average Bonchev–Trinajstić information content (AvgIpc) is 2.98. The maximum absolute atomic E-state index is 11.6. The molecule has 0 spiro atoms. The number of primary amides is 1. The minimum Gasteiger partial charge on any atom is -0.477 e. The van der Waals surface area contributed by atoms with Crippen molar-refractivity contribution >= 4 is 17.2 Å². The molecule has 3 aromatic rings. The molecule has 2 aromatic heterocycles. The van der Waals surface area contributed by atoms with Crippen molar-refractivity contribution in [3.8, 4) is 5.75 Å². The Morgan fingerprint density at radius 1 is 1.33 bits per heavy atom. The molecule has 1 aliphatic heterocycles. The van der Waals surface area contributed by atoms with E-state index in [1.165, 1.54) is 0 Å². The standard InChI is InChI=1S/C18H18N4O2/c1-12-5-4-8-21-9-13(20-18(12)21)10-22-11-16(17(19)23)24-15-7-3-2-6-14(15)22/h2-9,16H,10-11H2,1H3,(H2,19,23). The molecule has 1 aliphatic rings. The first kappa shape index (κ1) is 14.6. The summed E-state index contributed by atoms with van der Waals surface area (Å²) in [4.78, 5) is 18.4. The maximum Gasteiger partial charge on any atom is 0.260 e. The first-order valence-corrected chi connectivity index (χ1v) is 7.85. The van der Waals surface area contributed by atoms with E-state index >= 15 is 0 Å². The average molecular weight is 322 g/mol. The fourth-order valence-electron chi connectivity index (χ4n) is 3.08. The second-order valence-electron chi connectivity index (χ2n) is 6.01. The summed E-state index contributed by atoms with van der Waals surface area (Å²) in [6, 6.07) is 11.7. The monoisotopic (exact) mass is 322 g/mol. The van der Waals surface area contributed by atoms with Crippen LogP contribution in [0.1, 0.15) is 11.3 Å². The minimum absolute atomic E-state index is 0.416. The summed E-state index contributed by atoms with van der Waals surface area (Å²) < 4.78 is 7.71. The van der Waals surface area contributed by atoms with E-state index in [0.717, 1.165) is 22.6 Å². The third-order valence-electron chi connectivity index (χ3n) is 4.26. The van der Waals surface area contributed by atoms with Crippen LogP contribution in [-0.4, -0.2) is 27.9 Å². The fourth-order valence-corrected chi connectivity index (χ4v) is 3.08. The molecule has 0 bridgehead atoms. The van der Waals surface area contributed by atoms with Crippen molar-refractivity contribution in [2.24, 2.45) is 5.73 Å². The third kappa shape index (κ3) is 2.46. The molecule has 3 heterocycles. The van der Waals surface area contributed by atoms with E-state index in [2.05, 4.69) is 4.90 Å². The Morgan fingerprint density at radius 3 is 2.96 bits per heavy atom. The Balaban J connectivity index is 1.69. The van der Waals surface area contributed by atoms with E-state index in [9.17, 15) is 4.79 Å². The first-order valence-electron chi connectivity index (χ1n) is 7.85. The highest BCUT2D eigenvalue weighted by molar-refractivity contribution is 5.81. The molecule has 1 aromatic carbocycles. The van der Waals surface area contributed by atoms with Crippen molar-refractivity contribution in [3.63, 3.8) is 0 Å². The predicted molar refractivity (Wildman–Crippen MR) is 91.0 cm³/mol. The number of rotatable bonds is 3. The topological polar surface area (TPSA) is 72.9 Å². The molecule has 122 valence electrons. The maximum atomic E-state index is 11.6. The molecule has 0 saturated carbocycles. The summed E-state index contributed by atoms with van der Waals surface area (Å²) in [5, 5.41) is 0. The van der Waals surface area contributed by atoms with Crippen LogP contribution in [0.5, 0.6) is 5.75 Å². The SMILES string of the molecule is Cc1cccn2cc(CN3CC(C(N)=O)Oc4ccccc43)nc12. The van der Waals surface area contributed by atoms with E-state index in [-0.39, 0.29) is 0 Å². The molecule has 6 heteroatoms. The molecule has 1 amide bonds. The number of benzene rings is 1. The lowest BCUT2D eigenvalue weighted by Gasteiger charge is -2.34. The van der Waals surface area contributed by atoms with Gasteiger partial charge < -0.3 is 19.8 Å². The van der Waals surface area contributed by atoms with Crippen LogP contribution in [0.3, 0.4) is 0 Å². The zero-order valence-electron chi connectivity index (χ0n) is 13.3. The van der Waals surface area contributed by atoms with E-state index in [4.69, 9.17) is 15.5 Å². The number of aromatic nitrogens is 2. The quantitative estimate of drug-likeness (QED) is 0.799. The minimum atomic E-state index is -0.654. The molecular weight excluding hydrogens is 304 g/mol. The van der Waals surface area contributed by atoms with Crippen LogP contribution in [0, 0.1) is 6.92 Å². The summed E-state index contributed by atoms with van der Waals surface area (Å²) in [7, 11) is 0. The third-order valence-corrected chi connectivity index (χ3v) is 4.26. The molecule has 0 saturated heterocycles. The Bertz CT molecular complexity index is 918. The van der Waals surface area contributed by atoms with Crippen LogP contribution in [0.2, 0.25) is 0 Å². The van der Waals surface area contributed by atoms with Gasteiger partial charge in [0.15, 0.2) is 6.10 Å². The molecule has 0 fully saturated rings. The molecule has 2 N–H and O–H groups in total. The first-order chi connectivity index (χ1) is 11.6. The highest BCUT2D eigenvalue weighted by Crippen LogP contribution is 2.33. The number of anilines is 1. The Labute approximate surface area is 139 Å². The number of amides is 1. The Morgan fingerprint density at radius 2 is 2.17 bits per heavy atom. The highest BCUT2D eigenvalue weighted by atomic mass is 16.5. The van der Waals surface area contributed by atoms with Crippen molar-refractivity contribution < 1.29 is 9.53 Å². The number of nitrogens with zero attached hydrogens (tertiary/aromatic N) is 3. The van der Waals surface area contributed by atoms with Crippen molar-refractivity contribution in [3.05, 3.63) is 60.0 Å². The van der Waals surface area contributed by atoms with Crippen LogP contribution >= 0.6 is 0 Å². The smallest absolute Gasteiger partial charge is 0.260 e. The van der Waals surface area contributed by atoms with Gasteiger partial charge >= 0.3 is 0 Å². The number of carbonyl (C=O) groups excluding carboxylic acids is 1. The molecule has 4 rings (SSSR count). The normalized spacial score (nSPS) is 16.7. The van der Waals surface area contributed by atoms with Gasteiger partial charge in [-0.2, -0.15) is 0 Å². The van der Waals surface area contributed by atoms with Gasteiger partial charge in [-0.15, -0.1) is 0 Å². The molecule has 24 heavy (non-hydrogen) atoms. The van der Waals surface area contributed by atoms with Crippen molar-refractivity contribution in [2.45, 2.75) is 19.6 Å². The van der Waals surface area contributed by atoms with E-state index < -0.39 is 12.0 Å². The van der Waals surface area contributed by atoms with E-state index in [1.54, 1.807) is 0 Å².